The molecule has 0 amide bonds. The molecule has 7 heteroatoms. The lowest BCUT2D eigenvalue weighted by molar-refractivity contribution is 0.603. The zero-order chi connectivity index (χ0) is 17.4. The Balaban J connectivity index is 1.69. The van der Waals surface area contributed by atoms with E-state index in [1.54, 1.807) is 29.6 Å². The molecule has 1 N–H and O–H groups in total. The van der Waals surface area contributed by atoms with E-state index in [1.165, 1.54) is 11.3 Å². The molecule has 5 nitrogen and oxygen atoms in total. The van der Waals surface area contributed by atoms with Gasteiger partial charge in [-0.2, -0.15) is 0 Å². The Bertz CT molecular complexity index is 1150. The van der Waals surface area contributed by atoms with Crippen LogP contribution in [0.15, 0.2) is 70.5 Å². The number of hydrogen-bond acceptors (Lipinski definition) is 4. The lowest BCUT2D eigenvalue weighted by Crippen LogP contribution is -2.11. The summed E-state index contributed by atoms with van der Waals surface area (Å²) in [5.41, 5.74) is 4.16. The van der Waals surface area contributed by atoms with Crippen LogP contribution in [0, 0.1) is 6.92 Å². The third kappa shape index (κ3) is 3.16. The van der Waals surface area contributed by atoms with Gasteiger partial charge in [-0.05, 0) is 48.2 Å². The second kappa shape index (κ2) is 6.02. The highest BCUT2D eigenvalue weighted by atomic mass is 32.2. The Morgan fingerprint density at radius 1 is 1.12 bits per heavy atom. The van der Waals surface area contributed by atoms with E-state index in [2.05, 4.69) is 9.71 Å². The van der Waals surface area contributed by atoms with E-state index in [0.717, 1.165) is 22.5 Å². The molecule has 1 aromatic carbocycles. The average molecular weight is 369 g/mol. The molecular weight excluding hydrogens is 354 g/mol. The SMILES string of the molecule is Cc1ccn2cc(-c3cccc(NS(=O)(=O)c4cccs4)c3)nc2c1. The molecule has 0 aliphatic heterocycles. The van der Waals surface area contributed by atoms with Crippen molar-refractivity contribution >= 4 is 32.7 Å². The van der Waals surface area contributed by atoms with Gasteiger partial charge in [0.15, 0.2) is 0 Å². The minimum absolute atomic E-state index is 0.293. The number of pyridine rings is 1. The Morgan fingerprint density at radius 3 is 2.80 bits per heavy atom. The Labute approximate surface area is 149 Å². The third-order valence-electron chi connectivity index (χ3n) is 3.79. The molecule has 0 saturated heterocycles. The van der Waals surface area contributed by atoms with Crippen LogP contribution in [-0.2, 0) is 10.0 Å². The fourth-order valence-corrected chi connectivity index (χ4v) is 4.63. The standard InChI is InChI=1S/C18H15N3O2S2/c1-13-7-8-21-12-16(19-17(21)10-13)14-4-2-5-15(11-14)20-25(22,23)18-6-3-9-24-18/h2-12,20H,1H3. The monoisotopic (exact) mass is 369 g/mol. The number of anilines is 1. The van der Waals surface area contributed by atoms with Crippen LogP contribution in [0.3, 0.4) is 0 Å². The van der Waals surface area contributed by atoms with Crippen molar-refractivity contribution in [2.75, 3.05) is 4.72 Å². The summed E-state index contributed by atoms with van der Waals surface area (Å²) < 4.78 is 29.6. The Morgan fingerprint density at radius 2 is 2.00 bits per heavy atom. The van der Waals surface area contributed by atoms with Crippen molar-refractivity contribution in [3.8, 4) is 11.3 Å². The van der Waals surface area contributed by atoms with Crippen molar-refractivity contribution in [2.24, 2.45) is 0 Å². The highest BCUT2D eigenvalue weighted by molar-refractivity contribution is 7.94. The molecule has 126 valence electrons. The molecule has 25 heavy (non-hydrogen) atoms. The zero-order valence-corrected chi connectivity index (χ0v) is 15.0. The Kier molecular flexibility index (Phi) is 3.82. The van der Waals surface area contributed by atoms with Gasteiger partial charge in [0, 0.05) is 23.6 Å². The summed E-state index contributed by atoms with van der Waals surface area (Å²) in [7, 11) is -3.56. The fraction of sp³-hybridized carbons (Fsp3) is 0.0556. The number of thiophene rings is 1. The Hall–Kier alpha value is -2.64. The van der Waals surface area contributed by atoms with Crippen molar-refractivity contribution in [1.82, 2.24) is 9.38 Å². The van der Waals surface area contributed by atoms with Crippen molar-refractivity contribution in [1.29, 1.82) is 0 Å². The first-order chi connectivity index (χ1) is 12.0. The van der Waals surface area contributed by atoms with Gasteiger partial charge in [-0.1, -0.05) is 18.2 Å². The molecule has 0 bridgehead atoms. The van der Waals surface area contributed by atoms with Gasteiger partial charge in [-0.15, -0.1) is 11.3 Å². The molecule has 0 atom stereocenters. The van der Waals surface area contributed by atoms with Crippen LogP contribution in [0.4, 0.5) is 5.69 Å². The fourth-order valence-electron chi connectivity index (χ4n) is 2.59. The van der Waals surface area contributed by atoms with Gasteiger partial charge in [-0.3, -0.25) is 4.72 Å². The predicted octanol–water partition coefficient (Wildman–Crippen LogP) is 4.17. The third-order valence-corrected chi connectivity index (χ3v) is 6.56. The zero-order valence-electron chi connectivity index (χ0n) is 13.4. The maximum Gasteiger partial charge on any atom is 0.271 e. The number of fused-ring (bicyclic) bond motifs is 1. The first kappa shape index (κ1) is 15.9. The van der Waals surface area contributed by atoms with E-state index in [0.29, 0.717) is 9.90 Å². The second-order valence-corrected chi connectivity index (χ2v) is 8.57. The number of benzene rings is 1. The molecular formula is C18H15N3O2S2. The predicted molar refractivity (Wildman–Crippen MR) is 100 cm³/mol. The summed E-state index contributed by atoms with van der Waals surface area (Å²) in [4.78, 5) is 4.62. The van der Waals surface area contributed by atoms with Crippen molar-refractivity contribution in [3.63, 3.8) is 0 Å². The van der Waals surface area contributed by atoms with Crippen molar-refractivity contribution in [3.05, 3.63) is 71.9 Å². The molecule has 0 unspecified atom stereocenters. The molecule has 4 rings (SSSR count). The van der Waals surface area contributed by atoms with Gasteiger partial charge in [0.05, 0.1) is 5.69 Å². The van der Waals surface area contributed by atoms with E-state index in [4.69, 9.17) is 0 Å². The van der Waals surface area contributed by atoms with Crippen molar-refractivity contribution < 1.29 is 8.42 Å². The first-order valence-corrected chi connectivity index (χ1v) is 10.00. The summed E-state index contributed by atoms with van der Waals surface area (Å²) in [6, 6.07) is 14.6. The van der Waals surface area contributed by atoms with E-state index in [9.17, 15) is 8.42 Å². The average Bonchev–Trinajstić information content (AvgIpc) is 3.24. The van der Waals surface area contributed by atoms with Crippen LogP contribution in [-0.4, -0.2) is 17.8 Å². The summed E-state index contributed by atoms with van der Waals surface area (Å²) in [6.45, 7) is 2.02. The van der Waals surface area contributed by atoms with Gasteiger partial charge in [0.1, 0.15) is 9.86 Å². The molecule has 3 heterocycles. The van der Waals surface area contributed by atoms with Gasteiger partial charge >= 0.3 is 0 Å². The lowest BCUT2D eigenvalue weighted by atomic mass is 10.1. The van der Waals surface area contributed by atoms with Crippen LogP contribution in [0.2, 0.25) is 0 Å². The minimum Gasteiger partial charge on any atom is -0.306 e. The summed E-state index contributed by atoms with van der Waals surface area (Å²) in [6.07, 6.45) is 3.90. The smallest absolute Gasteiger partial charge is 0.271 e. The first-order valence-electron chi connectivity index (χ1n) is 7.63. The van der Waals surface area contributed by atoms with Crippen LogP contribution in [0.1, 0.15) is 5.56 Å². The number of rotatable bonds is 4. The van der Waals surface area contributed by atoms with E-state index < -0.39 is 10.0 Å². The quantitative estimate of drug-likeness (QED) is 0.587. The number of nitrogens with one attached hydrogen (secondary N) is 1. The molecule has 0 radical (unpaired) electrons. The molecule has 3 aromatic heterocycles. The molecule has 0 aliphatic carbocycles. The summed E-state index contributed by atoms with van der Waals surface area (Å²) >= 11 is 1.19. The van der Waals surface area contributed by atoms with Gasteiger partial charge in [0.25, 0.3) is 10.0 Å². The van der Waals surface area contributed by atoms with Crippen LogP contribution in [0.25, 0.3) is 16.9 Å². The minimum atomic E-state index is -3.56. The largest absolute Gasteiger partial charge is 0.306 e. The lowest BCUT2D eigenvalue weighted by Gasteiger charge is -2.07. The molecule has 0 spiro atoms. The van der Waals surface area contributed by atoms with Crippen molar-refractivity contribution in [2.45, 2.75) is 11.1 Å². The number of imidazole rings is 1. The molecule has 0 saturated carbocycles. The topological polar surface area (TPSA) is 63.5 Å². The van der Waals surface area contributed by atoms with E-state index >= 15 is 0 Å². The maximum absolute atomic E-state index is 12.4. The number of nitrogens with zero attached hydrogens (tertiary/aromatic N) is 2. The highest BCUT2D eigenvalue weighted by Crippen LogP contribution is 2.25. The molecule has 0 fully saturated rings. The highest BCUT2D eigenvalue weighted by Gasteiger charge is 2.15. The summed E-state index contributed by atoms with van der Waals surface area (Å²) in [5, 5.41) is 1.74. The number of aryl methyl sites for hydroxylation is 1. The van der Waals surface area contributed by atoms with Crippen LogP contribution in [0.5, 0.6) is 0 Å². The number of aromatic nitrogens is 2. The van der Waals surface area contributed by atoms with E-state index in [-0.39, 0.29) is 0 Å². The molecule has 4 aromatic rings. The van der Waals surface area contributed by atoms with E-state index in [1.807, 2.05) is 48.0 Å². The van der Waals surface area contributed by atoms with Crippen LogP contribution < -0.4 is 4.72 Å². The summed E-state index contributed by atoms with van der Waals surface area (Å²) in [5.74, 6) is 0. The van der Waals surface area contributed by atoms with Gasteiger partial charge in [-0.25, -0.2) is 13.4 Å². The molecule has 0 aliphatic rings. The van der Waals surface area contributed by atoms with Crippen LogP contribution >= 0.6 is 11.3 Å². The second-order valence-electron chi connectivity index (χ2n) is 5.71. The van der Waals surface area contributed by atoms with Gasteiger partial charge in [0.2, 0.25) is 0 Å². The van der Waals surface area contributed by atoms with Gasteiger partial charge < -0.3 is 4.40 Å². The normalized spacial score (nSPS) is 11.7. The number of sulfonamides is 1. The maximum atomic E-state index is 12.4. The number of hydrogen-bond donors (Lipinski definition) is 1.